The Morgan fingerprint density at radius 3 is 2.13 bits per heavy atom. The SMILES string of the molecule is CCCNC(=O)C(Cc1ccccc1)N(Cc1ccc(Br)cc1)C(=O)CN(c1ccc(C)cc1)S(=O)(=O)c1ccc(OC)c(OC)c1. The number of rotatable bonds is 15. The molecule has 11 heteroatoms. The van der Waals surface area contributed by atoms with Crippen LogP contribution in [0.5, 0.6) is 11.5 Å². The van der Waals surface area contributed by atoms with Crippen molar-refractivity contribution < 1.29 is 27.5 Å². The van der Waals surface area contributed by atoms with Crippen molar-refractivity contribution in [2.75, 3.05) is 31.6 Å². The molecule has 4 rings (SSSR count). The highest BCUT2D eigenvalue weighted by Crippen LogP contribution is 2.32. The maximum Gasteiger partial charge on any atom is 0.264 e. The van der Waals surface area contributed by atoms with Gasteiger partial charge in [-0.15, -0.1) is 0 Å². The van der Waals surface area contributed by atoms with Gasteiger partial charge in [0.25, 0.3) is 10.0 Å². The van der Waals surface area contributed by atoms with Crippen LogP contribution in [0.25, 0.3) is 0 Å². The van der Waals surface area contributed by atoms with Crippen LogP contribution in [-0.2, 0) is 32.6 Å². The molecule has 0 radical (unpaired) electrons. The fourth-order valence-corrected chi connectivity index (χ4v) is 6.74. The number of ether oxygens (including phenoxy) is 2. The third-order valence-corrected chi connectivity index (χ3v) is 9.93. The highest BCUT2D eigenvalue weighted by atomic mass is 79.9. The minimum Gasteiger partial charge on any atom is -0.493 e. The van der Waals surface area contributed by atoms with Gasteiger partial charge in [-0.25, -0.2) is 8.42 Å². The summed E-state index contributed by atoms with van der Waals surface area (Å²) < 4.78 is 41.3. The summed E-state index contributed by atoms with van der Waals surface area (Å²) in [6, 6.07) is 27.2. The number of carbonyl (C=O) groups is 2. The van der Waals surface area contributed by atoms with Crippen molar-refractivity contribution in [2.24, 2.45) is 0 Å². The van der Waals surface area contributed by atoms with E-state index in [0.717, 1.165) is 31.9 Å². The van der Waals surface area contributed by atoms with Gasteiger partial charge in [0.2, 0.25) is 11.8 Å². The first kappa shape index (κ1) is 35.5. The van der Waals surface area contributed by atoms with E-state index in [2.05, 4.69) is 21.2 Å². The number of nitrogens with one attached hydrogen (secondary N) is 1. The number of hydrogen-bond acceptors (Lipinski definition) is 6. The van der Waals surface area contributed by atoms with Crippen molar-refractivity contribution in [3.8, 4) is 11.5 Å². The molecule has 248 valence electrons. The molecule has 0 saturated heterocycles. The Hall–Kier alpha value is -4.35. The number of amides is 2. The highest BCUT2D eigenvalue weighted by molar-refractivity contribution is 9.10. The van der Waals surface area contributed by atoms with E-state index in [1.54, 1.807) is 24.3 Å². The van der Waals surface area contributed by atoms with E-state index in [-0.39, 0.29) is 29.5 Å². The predicted octanol–water partition coefficient (Wildman–Crippen LogP) is 6.14. The normalized spacial score (nSPS) is 11.8. The van der Waals surface area contributed by atoms with Crippen LogP contribution in [0, 0.1) is 6.92 Å². The third kappa shape index (κ3) is 9.14. The number of benzene rings is 4. The van der Waals surface area contributed by atoms with Gasteiger partial charge in [-0.1, -0.05) is 83.0 Å². The lowest BCUT2D eigenvalue weighted by Gasteiger charge is -2.34. The molecule has 9 nitrogen and oxygen atoms in total. The third-order valence-electron chi connectivity index (χ3n) is 7.63. The molecule has 0 aliphatic carbocycles. The molecule has 1 N–H and O–H groups in total. The van der Waals surface area contributed by atoms with Gasteiger partial charge in [0.05, 0.1) is 24.8 Å². The Labute approximate surface area is 285 Å². The topological polar surface area (TPSA) is 105 Å². The molecule has 4 aromatic carbocycles. The molecule has 0 aliphatic rings. The van der Waals surface area contributed by atoms with Crippen LogP contribution >= 0.6 is 15.9 Å². The molecule has 1 unspecified atom stereocenters. The maximum atomic E-state index is 14.6. The molecule has 4 aromatic rings. The van der Waals surface area contributed by atoms with Crippen molar-refractivity contribution in [1.82, 2.24) is 10.2 Å². The smallest absolute Gasteiger partial charge is 0.264 e. The van der Waals surface area contributed by atoms with Gasteiger partial charge in [0, 0.05) is 30.0 Å². The van der Waals surface area contributed by atoms with Crippen LogP contribution in [0.1, 0.15) is 30.0 Å². The van der Waals surface area contributed by atoms with E-state index in [0.29, 0.717) is 18.0 Å². The molecule has 47 heavy (non-hydrogen) atoms. The van der Waals surface area contributed by atoms with Gasteiger partial charge in [-0.05, 0) is 60.9 Å². The first-order chi connectivity index (χ1) is 22.6. The molecule has 0 bridgehead atoms. The quantitative estimate of drug-likeness (QED) is 0.158. The van der Waals surface area contributed by atoms with E-state index in [1.807, 2.05) is 68.4 Å². The zero-order valence-corrected chi connectivity index (χ0v) is 29.4. The number of hydrogen-bond donors (Lipinski definition) is 1. The predicted molar refractivity (Wildman–Crippen MR) is 187 cm³/mol. The second-order valence-corrected chi connectivity index (χ2v) is 13.8. The second-order valence-electron chi connectivity index (χ2n) is 11.0. The van der Waals surface area contributed by atoms with Gasteiger partial charge in [0.15, 0.2) is 11.5 Å². The average Bonchev–Trinajstić information content (AvgIpc) is 3.08. The molecule has 1 atom stereocenters. The van der Waals surface area contributed by atoms with Crippen LogP contribution < -0.4 is 19.1 Å². The Morgan fingerprint density at radius 2 is 1.51 bits per heavy atom. The minimum absolute atomic E-state index is 0.0792. The summed E-state index contributed by atoms with van der Waals surface area (Å²) in [5.41, 5.74) is 2.88. The van der Waals surface area contributed by atoms with Gasteiger partial charge < -0.3 is 19.7 Å². The first-order valence-electron chi connectivity index (χ1n) is 15.2. The summed E-state index contributed by atoms with van der Waals surface area (Å²) in [7, 11) is -1.42. The largest absolute Gasteiger partial charge is 0.493 e. The zero-order chi connectivity index (χ0) is 34.0. The monoisotopic (exact) mass is 721 g/mol. The Morgan fingerprint density at radius 1 is 0.851 bits per heavy atom. The lowest BCUT2D eigenvalue weighted by molar-refractivity contribution is -0.140. The molecule has 2 amide bonds. The van der Waals surface area contributed by atoms with Crippen LogP contribution in [-0.4, -0.2) is 58.5 Å². The van der Waals surface area contributed by atoms with E-state index >= 15 is 0 Å². The second kappa shape index (κ2) is 16.5. The lowest BCUT2D eigenvalue weighted by Crippen LogP contribution is -2.53. The molecule has 0 spiro atoms. The summed E-state index contributed by atoms with van der Waals surface area (Å²) >= 11 is 3.46. The minimum atomic E-state index is -4.31. The standard InChI is InChI=1S/C36H40BrN3O6S/c1-5-21-38-36(42)32(22-27-9-7-6-8-10-27)39(24-28-13-15-29(37)16-14-28)35(41)25-40(30-17-11-26(2)12-18-30)47(43,44)31-19-20-33(45-3)34(23-31)46-4/h6-20,23,32H,5,21-22,24-25H2,1-4H3,(H,38,42). The van der Waals surface area contributed by atoms with Gasteiger partial charge in [-0.3, -0.25) is 13.9 Å². The summed E-state index contributed by atoms with van der Waals surface area (Å²) in [5.74, 6) is -0.251. The molecule has 0 heterocycles. The molecule has 0 aliphatic heterocycles. The van der Waals surface area contributed by atoms with Crippen molar-refractivity contribution >= 4 is 43.5 Å². The highest BCUT2D eigenvalue weighted by Gasteiger charge is 2.35. The number of halogens is 1. The molecule has 0 fully saturated rings. The van der Waals surface area contributed by atoms with Crippen molar-refractivity contribution in [3.63, 3.8) is 0 Å². The summed E-state index contributed by atoms with van der Waals surface area (Å²) in [6.45, 7) is 3.82. The summed E-state index contributed by atoms with van der Waals surface area (Å²) in [4.78, 5) is 29.7. The van der Waals surface area contributed by atoms with E-state index < -0.39 is 28.5 Å². The van der Waals surface area contributed by atoms with Crippen LogP contribution in [0.3, 0.4) is 0 Å². The molecule has 0 aromatic heterocycles. The first-order valence-corrected chi connectivity index (χ1v) is 17.5. The van der Waals surface area contributed by atoms with Crippen molar-refractivity contribution in [1.29, 1.82) is 0 Å². The van der Waals surface area contributed by atoms with Crippen LogP contribution in [0.2, 0.25) is 0 Å². The fourth-order valence-electron chi connectivity index (χ4n) is 5.05. The van der Waals surface area contributed by atoms with E-state index in [4.69, 9.17) is 9.47 Å². The number of sulfonamides is 1. The average molecular weight is 723 g/mol. The number of anilines is 1. The number of methoxy groups -OCH3 is 2. The van der Waals surface area contributed by atoms with E-state index in [9.17, 15) is 18.0 Å². The Balaban J connectivity index is 1.81. The van der Waals surface area contributed by atoms with Gasteiger partial charge in [-0.2, -0.15) is 0 Å². The summed E-state index contributed by atoms with van der Waals surface area (Å²) in [5, 5.41) is 2.96. The molecular formula is C36H40BrN3O6S. The van der Waals surface area contributed by atoms with Crippen LogP contribution in [0.15, 0.2) is 106 Å². The molecule has 0 saturated carbocycles. The Kier molecular flexibility index (Phi) is 12.4. The number of carbonyl (C=O) groups excluding carboxylic acids is 2. The lowest BCUT2D eigenvalue weighted by atomic mass is 10.0. The van der Waals surface area contributed by atoms with Crippen molar-refractivity contribution in [3.05, 3.63) is 118 Å². The Bertz CT molecular complexity index is 1750. The maximum absolute atomic E-state index is 14.6. The van der Waals surface area contributed by atoms with Crippen LogP contribution in [0.4, 0.5) is 5.69 Å². The van der Waals surface area contributed by atoms with Gasteiger partial charge in [0.1, 0.15) is 12.6 Å². The fraction of sp³-hybridized carbons (Fsp3) is 0.278. The van der Waals surface area contributed by atoms with Gasteiger partial charge >= 0.3 is 0 Å². The summed E-state index contributed by atoms with van der Waals surface area (Å²) in [6.07, 6.45) is 0.959. The zero-order valence-electron chi connectivity index (χ0n) is 27.0. The number of aryl methyl sites for hydroxylation is 1. The number of nitrogens with zero attached hydrogens (tertiary/aromatic N) is 2. The van der Waals surface area contributed by atoms with Crippen molar-refractivity contribution in [2.45, 2.75) is 44.2 Å². The molecular weight excluding hydrogens is 682 g/mol. The van der Waals surface area contributed by atoms with E-state index in [1.165, 1.54) is 37.3 Å².